The summed E-state index contributed by atoms with van der Waals surface area (Å²) in [7, 11) is 0. The lowest BCUT2D eigenvalue weighted by Gasteiger charge is -2.35. The van der Waals surface area contributed by atoms with Crippen molar-refractivity contribution < 1.29 is 9.50 Å². The van der Waals surface area contributed by atoms with Gasteiger partial charge in [-0.1, -0.05) is 23.7 Å². The van der Waals surface area contributed by atoms with Crippen LogP contribution < -0.4 is 10.2 Å². The van der Waals surface area contributed by atoms with Crippen molar-refractivity contribution in [3.63, 3.8) is 0 Å². The normalized spacial score (nSPS) is 14.6. The average Bonchev–Trinajstić information content (AvgIpc) is 2.84. The van der Waals surface area contributed by atoms with Gasteiger partial charge < -0.3 is 15.3 Å². The van der Waals surface area contributed by atoms with Gasteiger partial charge in [-0.15, -0.1) is 0 Å². The summed E-state index contributed by atoms with van der Waals surface area (Å²) < 4.78 is 14.4. The van der Waals surface area contributed by atoms with E-state index in [1.807, 2.05) is 42.2 Å². The van der Waals surface area contributed by atoms with E-state index in [4.69, 9.17) is 16.7 Å². The first-order valence-electron chi connectivity index (χ1n) is 11.1. The second kappa shape index (κ2) is 11.3. The highest BCUT2D eigenvalue weighted by molar-refractivity contribution is 6.33. The van der Waals surface area contributed by atoms with Crippen LogP contribution in [0.1, 0.15) is 17.1 Å². The maximum Gasteiger partial charge on any atom is 0.183 e. The number of hydrogen-bond acceptors (Lipinski definition) is 8. The van der Waals surface area contributed by atoms with E-state index >= 15 is 0 Å². The zero-order valence-corrected chi connectivity index (χ0v) is 19.7. The predicted molar refractivity (Wildman–Crippen MR) is 133 cm³/mol. The summed E-state index contributed by atoms with van der Waals surface area (Å²) >= 11 is 6.31. The van der Waals surface area contributed by atoms with E-state index < -0.39 is 5.82 Å². The molecule has 1 saturated heterocycles. The summed E-state index contributed by atoms with van der Waals surface area (Å²) in [4.78, 5) is 21.3. The molecule has 3 heterocycles. The Hall–Kier alpha value is -3.14. The molecule has 8 nitrogen and oxygen atoms in total. The molecule has 0 atom stereocenters. The molecule has 1 fully saturated rings. The quantitative estimate of drug-likeness (QED) is 0.474. The Morgan fingerprint density at radius 3 is 2.79 bits per heavy atom. The highest BCUT2D eigenvalue weighted by Gasteiger charge is 2.21. The van der Waals surface area contributed by atoms with Gasteiger partial charge in [0.1, 0.15) is 0 Å². The van der Waals surface area contributed by atoms with Crippen LogP contribution >= 0.6 is 11.6 Å². The summed E-state index contributed by atoms with van der Waals surface area (Å²) in [5.41, 5.74) is 3.40. The molecule has 1 aliphatic rings. The second-order valence-electron chi connectivity index (χ2n) is 8.01. The highest BCUT2D eigenvalue weighted by atomic mass is 35.5. The van der Waals surface area contributed by atoms with Crippen LogP contribution in [0.2, 0.25) is 5.02 Å². The number of aromatic nitrogens is 3. The first-order chi connectivity index (χ1) is 16.5. The molecule has 3 aromatic rings. The average molecular weight is 484 g/mol. The lowest BCUT2D eigenvalue weighted by atomic mass is 10.2. The Kier molecular flexibility index (Phi) is 7.99. The van der Waals surface area contributed by atoms with Crippen molar-refractivity contribution in [2.75, 3.05) is 49.5 Å². The third kappa shape index (κ3) is 6.05. The summed E-state index contributed by atoms with van der Waals surface area (Å²) in [6, 6.07) is 9.47. The Morgan fingerprint density at radius 2 is 2.03 bits per heavy atom. The van der Waals surface area contributed by atoms with Crippen molar-refractivity contribution in [2.45, 2.75) is 13.5 Å². The number of aliphatic imine (C=N–C) groups is 1. The van der Waals surface area contributed by atoms with E-state index in [2.05, 4.69) is 30.2 Å². The Labute approximate surface area is 203 Å². The molecule has 2 N–H and O–H groups in total. The molecule has 1 aliphatic heterocycles. The first kappa shape index (κ1) is 24.0. The van der Waals surface area contributed by atoms with Crippen LogP contribution in [0.25, 0.3) is 0 Å². The number of anilines is 3. The van der Waals surface area contributed by atoms with Gasteiger partial charge in [-0.2, -0.15) is 0 Å². The minimum absolute atomic E-state index is 0.123. The van der Waals surface area contributed by atoms with Crippen LogP contribution in [0.15, 0.2) is 47.7 Å². The maximum absolute atomic E-state index is 14.4. The standard InChI is InChI=1S/C24H27ClFN7O/c1-17-3-2-4-20(25)23(17)30-18-5-6-28-19(13-18)14-27-16-22-29-15-21(26)24(31-22)33-9-7-32(8-10-33)11-12-34/h2-6,13-15,34H,7-12,16H2,1H3,(H,28,30). The topological polar surface area (TPSA) is 89.8 Å². The molecular formula is C24H27ClFN7O. The number of pyridine rings is 1. The van der Waals surface area contributed by atoms with Crippen molar-refractivity contribution in [2.24, 2.45) is 4.99 Å². The third-order valence-electron chi connectivity index (χ3n) is 5.59. The molecule has 0 spiro atoms. The van der Waals surface area contributed by atoms with Gasteiger partial charge in [0, 0.05) is 50.8 Å². The fourth-order valence-corrected chi connectivity index (χ4v) is 4.04. The molecular weight excluding hydrogens is 457 g/mol. The SMILES string of the molecule is Cc1cccc(Cl)c1Nc1ccnc(C=NCc2ncc(F)c(N3CCN(CCO)CC3)n2)c1. The van der Waals surface area contributed by atoms with E-state index in [1.54, 1.807) is 12.4 Å². The van der Waals surface area contributed by atoms with E-state index in [-0.39, 0.29) is 13.2 Å². The number of benzene rings is 1. The van der Waals surface area contributed by atoms with Crippen LogP contribution in [0, 0.1) is 12.7 Å². The summed E-state index contributed by atoms with van der Waals surface area (Å²) in [6.07, 6.45) is 4.53. The fraction of sp³-hybridized carbons (Fsp3) is 0.333. The number of aryl methyl sites for hydroxylation is 1. The molecule has 1 aromatic carbocycles. The number of nitrogens with one attached hydrogen (secondary N) is 1. The monoisotopic (exact) mass is 483 g/mol. The summed E-state index contributed by atoms with van der Waals surface area (Å²) in [5.74, 6) is 0.285. The number of para-hydroxylation sites is 1. The van der Waals surface area contributed by atoms with Crippen molar-refractivity contribution in [3.8, 4) is 0 Å². The molecule has 34 heavy (non-hydrogen) atoms. The first-order valence-corrected chi connectivity index (χ1v) is 11.5. The Balaban J connectivity index is 1.40. The molecule has 0 bridgehead atoms. The maximum atomic E-state index is 14.4. The van der Waals surface area contributed by atoms with Gasteiger partial charge >= 0.3 is 0 Å². The molecule has 0 aliphatic carbocycles. The van der Waals surface area contributed by atoms with E-state index in [1.165, 1.54) is 6.20 Å². The minimum Gasteiger partial charge on any atom is -0.395 e. The van der Waals surface area contributed by atoms with Gasteiger partial charge in [0.25, 0.3) is 0 Å². The van der Waals surface area contributed by atoms with Gasteiger partial charge in [-0.3, -0.25) is 14.9 Å². The predicted octanol–water partition coefficient (Wildman–Crippen LogP) is 3.45. The van der Waals surface area contributed by atoms with E-state index in [0.717, 1.165) is 30.0 Å². The summed E-state index contributed by atoms with van der Waals surface area (Å²) in [5, 5.41) is 13.1. The molecule has 0 unspecified atom stereocenters. The molecule has 4 rings (SSSR count). The van der Waals surface area contributed by atoms with Gasteiger partial charge in [-0.25, -0.2) is 14.4 Å². The highest BCUT2D eigenvalue weighted by Crippen LogP contribution is 2.28. The van der Waals surface area contributed by atoms with Crippen LogP contribution in [0.3, 0.4) is 0 Å². The van der Waals surface area contributed by atoms with Crippen LogP contribution in [-0.4, -0.2) is 70.5 Å². The van der Waals surface area contributed by atoms with Gasteiger partial charge in [0.05, 0.1) is 35.8 Å². The number of aliphatic hydroxyl groups is 1. The number of hydrogen-bond donors (Lipinski definition) is 2. The van der Waals surface area contributed by atoms with Gasteiger partial charge in [0.2, 0.25) is 0 Å². The third-order valence-corrected chi connectivity index (χ3v) is 5.91. The largest absolute Gasteiger partial charge is 0.395 e. The number of rotatable bonds is 8. The van der Waals surface area contributed by atoms with Crippen LogP contribution in [-0.2, 0) is 6.54 Å². The smallest absolute Gasteiger partial charge is 0.183 e. The number of aliphatic hydroxyl groups excluding tert-OH is 1. The van der Waals surface area contributed by atoms with Crippen molar-refractivity contribution in [1.29, 1.82) is 0 Å². The van der Waals surface area contributed by atoms with Crippen molar-refractivity contribution in [1.82, 2.24) is 19.9 Å². The Bertz CT molecular complexity index is 1130. The second-order valence-corrected chi connectivity index (χ2v) is 8.41. The number of piperazine rings is 1. The zero-order chi connectivity index (χ0) is 23.9. The molecule has 2 aromatic heterocycles. The van der Waals surface area contributed by atoms with Crippen LogP contribution in [0.5, 0.6) is 0 Å². The lowest BCUT2D eigenvalue weighted by Crippen LogP contribution is -2.47. The molecule has 10 heteroatoms. The Morgan fingerprint density at radius 1 is 1.21 bits per heavy atom. The van der Waals surface area contributed by atoms with Gasteiger partial charge in [-0.05, 0) is 30.7 Å². The lowest BCUT2D eigenvalue weighted by molar-refractivity contribution is 0.188. The molecule has 0 saturated carbocycles. The van der Waals surface area contributed by atoms with Crippen molar-refractivity contribution in [3.05, 3.63) is 70.6 Å². The van der Waals surface area contributed by atoms with Gasteiger partial charge in [0.15, 0.2) is 17.5 Å². The number of nitrogens with zero attached hydrogens (tertiary/aromatic N) is 6. The van der Waals surface area contributed by atoms with Crippen molar-refractivity contribution >= 4 is 35.0 Å². The number of halogens is 2. The molecule has 178 valence electrons. The molecule has 0 amide bonds. The fourth-order valence-electron chi connectivity index (χ4n) is 3.77. The zero-order valence-electron chi connectivity index (χ0n) is 19.0. The molecule has 0 radical (unpaired) electrons. The minimum atomic E-state index is -0.446. The number of β-amino-alcohol motifs (C(OH)–C–C–N with tert-alkyl or cyclic N) is 1. The summed E-state index contributed by atoms with van der Waals surface area (Å²) in [6.45, 7) is 5.74. The van der Waals surface area contributed by atoms with Crippen LogP contribution in [0.4, 0.5) is 21.6 Å². The van der Waals surface area contributed by atoms with E-state index in [0.29, 0.717) is 42.0 Å². The van der Waals surface area contributed by atoms with E-state index in [9.17, 15) is 4.39 Å².